The van der Waals surface area contributed by atoms with E-state index in [2.05, 4.69) is 10.3 Å². The molecule has 1 aliphatic rings. The fourth-order valence-corrected chi connectivity index (χ4v) is 3.95. The molecule has 5 nitrogen and oxygen atoms in total. The van der Waals surface area contributed by atoms with Crippen molar-refractivity contribution < 1.29 is 27.1 Å². The van der Waals surface area contributed by atoms with Crippen molar-refractivity contribution in [2.45, 2.75) is 38.8 Å². The number of carbonyl (C=O) groups is 1. The van der Waals surface area contributed by atoms with E-state index >= 15 is 0 Å². The molecule has 1 amide bonds. The van der Waals surface area contributed by atoms with Gasteiger partial charge in [-0.3, -0.25) is 9.78 Å². The molecule has 2 atom stereocenters. The molecule has 0 saturated carbocycles. The van der Waals surface area contributed by atoms with Gasteiger partial charge in [0.2, 0.25) is 0 Å². The van der Waals surface area contributed by atoms with Crippen molar-refractivity contribution in [2.75, 3.05) is 7.05 Å². The SMILES string of the molecule is CNC(=O)c1cc2ncc3c(c2n1[C@@H](C)c1ccc(C(F)(F)F)cc1F)COC3C. The Bertz CT molecular complexity index is 1150. The summed E-state index contributed by atoms with van der Waals surface area (Å²) >= 11 is 0. The van der Waals surface area contributed by atoms with Crippen molar-refractivity contribution in [2.24, 2.45) is 0 Å². The van der Waals surface area contributed by atoms with Crippen molar-refractivity contribution >= 4 is 16.9 Å². The Hall–Kier alpha value is -2.94. The average Bonchev–Trinajstić information content (AvgIpc) is 3.26. The number of aromatic nitrogens is 2. The molecule has 3 aromatic rings. The number of nitrogens with zero attached hydrogens (tertiary/aromatic N) is 2. The van der Waals surface area contributed by atoms with E-state index in [0.29, 0.717) is 23.7 Å². The Kier molecular flexibility index (Phi) is 4.80. The lowest BCUT2D eigenvalue weighted by Gasteiger charge is -2.21. The molecule has 30 heavy (non-hydrogen) atoms. The predicted molar refractivity (Wildman–Crippen MR) is 102 cm³/mol. The summed E-state index contributed by atoms with van der Waals surface area (Å²) in [5.74, 6) is -1.40. The molecule has 0 bridgehead atoms. The highest BCUT2D eigenvalue weighted by atomic mass is 19.4. The highest BCUT2D eigenvalue weighted by Crippen LogP contribution is 2.39. The molecule has 9 heteroatoms. The van der Waals surface area contributed by atoms with Gasteiger partial charge in [-0.1, -0.05) is 6.07 Å². The fourth-order valence-electron chi connectivity index (χ4n) is 3.95. The maximum atomic E-state index is 14.7. The molecule has 4 rings (SSSR count). The highest BCUT2D eigenvalue weighted by molar-refractivity contribution is 5.98. The van der Waals surface area contributed by atoms with Crippen LogP contribution < -0.4 is 5.32 Å². The summed E-state index contributed by atoms with van der Waals surface area (Å²) in [5, 5.41) is 2.55. The van der Waals surface area contributed by atoms with E-state index in [1.807, 2.05) is 6.92 Å². The molecule has 1 aromatic carbocycles. The van der Waals surface area contributed by atoms with Crippen LogP contribution in [0, 0.1) is 5.82 Å². The van der Waals surface area contributed by atoms with E-state index in [-0.39, 0.29) is 17.4 Å². The summed E-state index contributed by atoms with van der Waals surface area (Å²) in [6, 6.07) is 3.26. The van der Waals surface area contributed by atoms with Crippen molar-refractivity contribution in [3.8, 4) is 0 Å². The normalized spacial score (nSPS) is 17.2. The van der Waals surface area contributed by atoms with Crippen LogP contribution in [0.5, 0.6) is 0 Å². The van der Waals surface area contributed by atoms with Gasteiger partial charge in [0.15, 0.2) is 0 Å². The number of amides is 1. The molecule has 158 valence electrons. The fraction of sp³-hybridized carbons (Fsp3) is 0.333. The number of benzene rings is 1. The van der Waals surface area contributed by atoms with E-state index in [1.54, 1.807) is 23.8 Å². The molecule has 1 N–H and O–H groups in total. The molecule has 0 spiro atoms. The maximum absolute atomic E-state index is 14.7. The number of rotatable bonds is 3. The van der Waals surface area contributed by atoms with Crippen LogP contribution >= 0.6 is 0 Å². The van der Waals surface area contributed by atoms with E-state index in [1.165, 1.54) is 7.05 Å². The van der Waals surface area contributed by atoms with Crippen LogP contribution in [0.25, 0.3) is 11.0 Å². The van der Waals surface area contributed by atoms with Gasteiger partial charge in [-0.05, 0) is 32.0 Å². The lowest BCUT2D eigenvalue weighted by molar-refractivity contribution is -0.137. The van der Waals surface area contributed by atoms with Gasteiger partial charge in [0, 0.05) is 29.9 Å². The number of hydrogen-bond acceptors (Lipinski definition) is 3. The molecular formula is C21H19F4N3O2. The number of ether oxygens (including phenoxy) is 1. The average molecular weight is 421 g/mol. The number of fused-ring (bicyclic) bond motifs is 3. The first-order valence-corrected chi connectivity index (χ1v) is 9.36. The lowest BCUT2D eigenvalue weighted by atomic mass is 10.0. The molecule has 3 heterocycles. The first-order chi connectivity index (χ1) is 14.1. The third-order valence-corrected chi connectivity index (χ3v) is 5.53. The summed E-state index contributed by atoms with van der Waals surface area (Å²) in [4.78, 5) is 17.0. The summed E-state index contributed by atoms with van der Waals surface area (Å²) in [6.07, 6.45) is -3.13. The van der Waals surface area contributed by atoms with Gasteiger partial charge in [0.25, 0.3) is 5.91 Å². The van der Waals surface area contributed by atoms with E-state index in [9.17, 15) is 22.4 Å². The minimum Gasteiger partial charge on any atom is -0.369 e. The molecule has 0 aliphatic carbocycles. The van der Waals surface area contributed by atoms with E-state index < -0.39 is 29.5 Å². The first-order valence-electron chi connectivity index (χ1n) is 9.36. The van der Waals surface area contributed by atoms with Crippen molar-refractivity contribution in [3.63, 3.8) is 0 Å². The zero-order chi connectivity index (χ0) is 21.8. The van der Waals surface area contributed by atoms with Crippen LogP contribution in [0.4, 0.5) is 17.6 Å². The summed E-state index contributed by atoms with van der Waals surface area (Å²) in [7, 11) is 1.47. The standard InChI is InChI=1S/C21H19F4N3O2/c1-10(13-5-4-12(6-16(13)22)21(23,24)25)28-18(20(29)26-3)7-17-19(28)15-9-30-11(2)14(15)8-27-17/h4-8,10-11H,9H2,1-3H3,(H,26,29)/t10-,11?/m0/s1. The van der Waals surface area contributed by atoms with Crippen LogP contribution in [0.15, 0.2) is 30.5 Å². The molecule has 2 aromatic heterocycles. The number of hydrogen-bond donors (Lipinski definition) is 1. The topological polar surface area (TPSA) is 56.2 Å². The van der Waals surface area contributed by atoms with Crippen molar-refractivity contribution in [3.05, 3.63) is 64.2 Å². The number of carbonyl (C=O) groups excluding carboxylic acids is 1. The Labute approximate surface area is 169 Å². The van der Waals surface area contributed by atoms with Gasteiger partial charge in [-0.15, -0.1) is 0 Å². The van der Waals surface area contributed by atoms with Gasteiger partial charge in [-0.2, -0.15) is 13.2 Å². The van der Waals surface area contributed by atoms with Crippen molar-refractivity contribution in [1.82, 2.24) is 14.9 Å². The van der Waals surface area contributed by atoms with Gasteiger partial charge >= 0.3 is 6.18 Å². The maximum Gasteiger partial charge on any atom is 0.416 e. The summed E-state index contributed by atoms with van der Waals surface area (Å²) < 4.78 is 60.8. The number of pyridine rings is 1. The first kappa shape index (κ1) is 20.3. The van der Waals surface area contributed by atoms with Crippen LogP contribution in [0.1, 0.15) is 58.7 Å². The van der Waals surface area contributed by atoms with E-state index in [4.69, 9.17) is 4.74 Å². The van der Waals surface area contributed by atoms with Gasteiger partial charge in [0.05, 0.1) is 35.3 Å². The van der Waals surface area contributed by atoms with Crippen molar-refractivity contribution in [1.29, 1.82) is 0 Å². The van der Waals surface area contributed by atoms with Gasteiger partial charge < -0.3 is 14.6 Å². The Morgan fingerprint density at radius 1 is 1.33 bits per heavy atom. The van der Waals surface area contributed by atoms with Gasteiger partial charge in [0.1, 0.15) is 11.5 Å². The van der Waals surface area contributed by atoms with Gasteiger partial charge in [-0.25, -0.2) is 4.39 Å². The highest BCUT2D eigenvalue weighted by Gasteiger charge is 2.33. The zero-order valence-electron chi connectivity index (χ0n) is 16.5. The summed E-state index contributed by atoms with van der Waals surface area (Å²) in [5.41, 5.74) is 2.05. The molecule has 1 unspecified atom stereocenters. The molecule has 1 aliphatic heterocycles. The lowest BCUT2D eigenvalue weighted by Crippen LogP contribution is -2.24. The molecular weight excluding hydrogens is 402 g/mol. The molecule has 0 radical (unpaired) electrons. The Morgan fingerprint density at radius 3 is 2.70 bits per heavy atom. The van der Waals surface area contributed by atoms with E-state index in [0.717, 1.165) is 23.3 Å². The summed E-state index contributed by atoms with van der Waals surface area (Å²) in [6.45, 7) is 3.82. The largest absolute Gasteiger partial charge is 0.416 e. The minimum absolute atomic E-state index is 0.0372. The minimum atomic E-state index is -4.64. The Balaban J connectivity index is 1.94. The smallest absolute Gasteiger partial charge is 0.369 e. The second-order valence-electron chi connectivity index (χ2n) is 7.27. The molecule has 0 saturated heterocycles. The quantitative estimate of drug-likeness (QED) is 0.621. The van der Waals surface area contributed by atoms with Crippen LogP contribution in [-0.4, -0.2) is 22.5 Å². The number of halogens is 4. The van der Waals surface area contributed by atoms with Crippen LogP contribution in [0.2, 0.25) is 0 Å². The number of alkyl halides is 3. The number of nitrogens with one attached hydrogen (secondary N) is 1. The monoisotopic (exact) mass is 421 g/mol. The molecule has 0 fully saturated rings. The zero-order valence-corrected chi connectivity index (χ0v) is 16.5. The predicted octanol–water partition coefficient (Wildman–Crippen LogP) is 4.75. The Morgan fingerprint density at radius 2 is 2.07 bits per heavy atom. The second kappa shape index (κ2) is 7.09. The third-order valence-electron chi connectivity index (χ3n) is 5.53. The third kappa shape index (κ3) is 3.13. The van der Waals surface area contributed by atoms with Crippen LogP contribution in [0.3, 0.4) is 0 Å². The second-order valence-corrected chi connectivity index (χ2v) is 7.27. The van der Waals surface area contributed by atoms with Crippen LogP contribution in [-0.2, 0) is 17.5 Å².